The first kappa shape index (κ1) is 13.3. The second-order valence-corrected chi connectivity index (χ2v) is 4.73. The van der Waals surface area contributed by atoms with Crippen molar-refractivity contribution in [1.82, 2.24) is 19.9 Å². The van der Waals surface area contributed by atoms with Gasteiger partial charge >= 0.3 is 0 Å². The van der Waals surface area contributed by atoms with Crippen molar-refractivity contribution < 1.29 is 0 Å². The minimum Gasteiger partial charge on any atom is -0.370 e. The number of aromatic amines is 1. The Morgan fingerprint density at radius 3 is 3.05 bits per heavy atom. The van der Waals surface area contributed by atoms with E-state index in [2.05, 4.69) is 32.2 Å². The van der Waals surface area contributed by atoms with Crippen LogP contribution in [0.25, 0.3) is 0 Å². The van der Waals surface area contributed by atoms with Crippen LogP contribution >= 0.6 is 11.8 Å². The third-order valence-corrected chi connectivity index (χ3v) is 2.94. The molecule has 100 valence electrons. The van der Waals surface area contributed by atoms with Gasteiger partial charge in [-0.15, -0.1) is 0 Å². The molecule has 2 aromatic rings. The molecule has 0 aliphatic rings. The molecule has 2 heterocycles. The molecular formula is C11H14N6OS. The maximum Gasteiger partial charge on any atom is 0.251 e. The van der Waals surface area contributed by atoms with Crippen LogP contribution in [0.15, 0.2) is 33.3 Å². The number of hydrogen-bond donors (Lipinski definition) is 3. The minimum atomic E-state index is -0.205. The fraction of sp³-hybridized carbons (Fsp3) is 0.273. The van der Waals surface area contributed by atoms with E-state index in [9.17, 15) is 4.79 Å². The number of hydrogen-bond acceptors (Lipinski definition) is 7. The number of nitrogens with one attached hydrogen (secondary N) is 2. The molecule has 4 N–H and O–H groups in total. The molecule has 0 spiro atoms. The standard InChI is InChI=1S/C11H14N6OS/c1-2-4-13-7-6-9(17-10(12)15-7)19-11-14-5-3-8(18)16-11/h3,5-6H,2,4H2,1H3,(H,14,16,18)(H3,12,13,15,17). The summed E-state index contributed by atoms with van der Waals surface area (Å²) in [5.74, 6) is 0.844. The Balaban J connectivity index is 2.20. The average molecular weight is 278 g/mol. The van der Waals surface area contributed by atoms with Crippen molar-refractivity contribution in [1.29, 1.82) is 0 Å². The van der Waals surface area contributed by atoms with Crippen LogP contribution in [0.3, 0.4) is 0 Å². The first-order valence-corrected chi connectivity index (χ1v) is 6.60. The third-order valence-electron chi connectivity index (χ3n) is 2.13. The van der Waals surface area contributed by atoms with Gasteiger partial charge in [-0.1, -0.05) is 6.92 Å². The predicted molar refractivity (Wildman–Crippen MR) is 74.2 cm³/mol. The number of nitrogens with zero attached hydrogens (tertiary/aromatic N) is 3. The second-order valence-electron chi connectivity index (χ2n) is 3.72. The zero-order valence-electron chi connectivity index (χ0n) is 10.4. The van der Waals surface area contributed by atoms with Crippen molar-refractivity contribution in [3.05, 3.63) is 28.7 Å². The van der Waals surface area contributed by atoms with Gasteiger partial charge in [-0.25, -0.2) is 9.97 Å². The molecule has 2 rings (SSSR count). The van der Waals surface area contributed by atoms with E-state index < -0.39 is 0 Å². The van der Waals surface area contributed by atoms with Crippen molar-refractivity contribution >= 4 is 23.5 Å². The van der Waals surface area contributed by atoms with Gasteiger partial charge in [-0.3, -0.25) is 4.79 Å². The SMILES string of the molecule is CCCNc1cc(Sc2nccc(=O)[nH]2)nc(N)n1. The molecule has 0 saturated carbocycles. The number of nitrogen functional groups attached to an aromatic ring is 1. The number of rotatable bonds is 5. The number of nitrogens with two attached hydrogens (primary N) is 1. The lowest BCUT2D eigenvalue weighted by Crippen LogP contribution is -2.07. The molecule has 19 heavy (non-hydrogen) atoms. The molecule has 2 aromatic heterocycles. The zero-order chi connectivity index (χ0) is 13.7. The van der Waals surface area contributed by atoms with Crippen LogP contribution in [0.2, 0.25) is 0 Å². The Labute approximate surface area is 114 Å². The van der Waals surface area contributed by atoms with Crippen LogP contribution in [-0.2, 0) is 0 Å². The van der Waals surface area contributed by atoms with E-state index in [4.69, 9.17) is 5.73 Å². The molecule has 0 amide bonds. The van der Waals surface area contributed by atoms with Gasteiger partial charge in [0.15, 0.2) is 5.16 Å². The summed E-state index contributed by atoms with van der Waals surface area (Å²) in [6, 6.07) is 3.12. The summed E-state index contributed by atoms with van der Waals surface area (Å²) in [4.78, 5) is 26.0. The molecule has 0 fully saturated rings. The van der Waals surface area contributed by atoms with Crippen LogP contribution in [0.1, 0.15) is 13.3 Å². The van der Waals surface area contributed by atoms with E-state index in [1.165, 1.54) is 24.0 Å². The quantitative estimate of drug-likeness (QED) is 0.555. The van der Waals surface area contributed by atoms with Crippen molar-refractivity contribution in [3.8, 4) is 0 Å². The summed E-state index contributed by atoms with van der Waals surface area (Å²) >= 11 is 1.23. The van der Waals surface area contributed by atoms with E-state index in [0.29, 0.717) is 16.0 Å². The first-order chi connectivity index (χ1) is 9.17. The Hall–Kier alpha value is -2.09. The van der Waals surface area contributed by atoms with E-state index in [-0.39, 0.29) is 11.5 Å². The van der Waals surface area contributed by atoms with Crippen LogP contribution < -0.4 is 16.6 Å². The molecule has 0 saturated heterocycles. The Morgan fingerprint density at radius 2 is 2.32 bits per heavy atom. The van der Waals surface area contributed by atoms with Crippen LogP contribution in [0, 0.1) is 0 Å². The fourth-order valence-electron chi connectivity index (χ4n) is 1.34. The van der Waals surface area contributed by atoms with Crippen LogP contribution in [0.5, 0.6) is 0 Å². The van der Waals surface area contributed by atoms with Crippen molar-refractivity contribution in [3.63, 3.8) is 0 Å². The summed E-state index contributed by atoms with van der Waals surface area (Å²) in [5, 5.41) is 4.23. The summed E-state index contributed by atoms with van der Waals surface area (Å²) < 4.78 is 0. The average Bonchev–Trinajstić information content (AvgIpc) is 2.35. The number of anilines is 2. The van der Waals surface area contributed by atoms with Gasteiger partial charge in [0.25, 0.3) is 5.56 Å². The maximum atomic E-state index is 11.2. The Kier molecular flexibility index (Phi) is 4.35. The first-order valence-electron chi connectivity index (χ1n) is 5.79. The van der Waals surface area contributed by atoms with Gasteiger partial charge < -0.3 is 16.0 Å². The molecule has 8 heteroatoms. The Bertz CT molecular complexity index is 614. The van der Waals surface area contributed by atoms with Gasteiger partial charge in [0.2, 0.25) is 5.95 Å². The Morgan fingerprint density at radius 1 is 1.47 bits per heavy atom. The van der Waals surface area contributed by atoms with Crippen LogP contribution in [0.4, 0.5) is 11.8 Å². The van der Waals surface area contributed by atoms with E-state index in [1.807, 2.05) is 0 Å². The summed E-state index contributed by atoms with van der Waals surface area (Å²) in [6.45, 7) is 2.87. The van der Waals surface area contributed by atoms with E-state index in [0.717, 1.165) is 13.0 Å². The fourth-order valence-corrected chi connectivity index (χ4v) is 2.11. The summed E-state index contributed by atoms with van der Waals surface area (Å²) in [7, 11) is 0. The molecule has 0 atom stereocenters. The highest BCUT2D eigenvalue weighted by atomic mass is 32.2. The molecule has 0 unspecified atom stereocenters. The zero-order valence-corrected chi connectivity index (χ0v) is 11.2. The number of H-pyrrole nitrogens is 1. The minimum absolute atomic E-state index is 0.182. The van der Waals surface area contributed by atoms with Gasteiger partial charge in [-0.2, -0.15) is 4.98 Å². The summed E-state index contributed by atoms with van der Waals surface area (Å²) in [5.41, 5.74) is 5.44. The normalized spacial score (nSPS) is 10.4. The van der Waals surface area contributed by atoms with E-state index in [1.54, 1.807) is 6.07 Å². The van der Waals surface area contributed by atoms with Crippen molar-refractivity contribution in [2.75, 3.05) is 17.6 Å². The van der Waals surface area contributed by atoms with Gasteiger partial charge in [0.05, 0.1) is 0 Å². The molecular weight excluding hydrogens is 264 g/mol. The lowest BCUT2D eigenvalue weighted by atomic mass is 10.4. The molecule has 0 bridgehead atoms. The lowest BCUT2D eigenvalue weighted by Gasteiger charge is -2.06. The highest BCUT2D eigenvalue weighted by Gasteiger charge is 2.05. The monoisotopic (exact) mass is 278 g/mol. The highest BCUT2D eigenvalue weighted by molar-refractivity contribution is 7.99. The second kappa shape index (κ2) is 6.19. The van der Waals surface area contributed by atoms with Crippen LogP contribution in [-0.4, -0.2) is 26.5 Å². The summed E-state index contributed by atoms with van der Waals surface area (Å²) in [6.07, 6.45) is 2.43. The molecule has 0 aliphatic heterocycles. The van der Waals surface area contributed by atoms with E-state index >= 15 is 0 Å². The topological polar surface area (TPSA) is 110 Å². The molecule has 0 aromatic carbocycles. The number of aromatic nitrogens is 4. The van der Waals surface area contributed by atoms with Gasteiger partial charge in [-0.05, 0) is 18.2 Å². The van der Waals surface area contributed by atoms with Crippen molar-refractivity contribution in [2.24, 2.45) is 0 Å². The lowest BCUT2D eigenvalue weighted by molar-refractivity contribution is 0.927. The smallest absolute Gasteiger partial charge is 0.251 e. The maximum absolute atomic E-state index is 11.2. The third kappa shape index (κ3) is 3.95. The largest absolute Gasteiger partial charge is 0.370 e. The van der Waals surface area contributed by atoms with Gasteiger partial charge in [0, 0.05) is 24.9 Å². The van der Waals surface area contributed by atoms with Gasteiger partial charge in [0.1, 0.15) is 10.8 Å². The predicted octanol–water partition coefficient (Wildman–Crippen LogP) is 1.12. The molecule has 7 nitrogen and oxygen atoms in total. The van der Waals surface area contributed by atoms with Crippen molar-refractivity contribution in [2.45, 2.75) is 23.5 Å². The molecule has 0 radical (unpaired) electrons. The highest BCUT2D eigenvalue weighted by Crippen LogP contribution is 2.24. The molecule has 0 aliphatic carbocycles.